The summed E-state index contributed by atoms with van der Waals surface area (Å²) in [5.74, 6) is 0.338. The molecule has 31 heavy (non-hydrogen) atoms. The van der Waals surface area contributed by atoms with Crippen molar-refractivity contribution in [3.8, 4) is 11.8 Å². The van der Waals surface area contributed by atoms with Crippen LogP contribution in [0.25, 0.3) is 11.6 Å². The third-order valence-electron chi connectivity index (χ3n) is 5.24. The first-order valence-electron chi connectivity index (χ1n) is 10.1. The largest absolute Gasteiger partial charge is 0.484 e. The van der Waals surface area contributed by atoms with Crippen LogP contribution in [-0.4, -0.2) is 29.5 Å². The molecule has 1 aliphatic carbocycles. The average Bonchev–Trinajstić information content (AvgIpc) is 2.78. The number of nitrogens with zero attached hydrogens (tertiary/aromatic N) is 2. The van der Waals surface area contributed by atoms with Gasteiger partial charge in [-0.15, -0.1) is 0 Å². The summed E-state index contributed by atoms with van der Waals surface area (Å²) in [7, 11) is 0. The van der Waals surface area contributed by atoms with Gasteiger partial charge >= 0.3 is 0 Å². The number of nitro benzene ring substituents is 1. The van der Waals surface area contributed by atoms with E-state index in [4.69, 9.17) is 10.5 Å². The van der Waals surface area contributed by atoms with Crippen molar-refractivity contribution < 1.29 is 14.5 Å². The first-order chi connectivity index (χ1) is 15.0. The Bertz CT molecular complexity index is 994. The SMILES string of the molecule is N#C/C(=C/c1ccc(OCC(=O)N[C@@H]2CCCC[C@H]2N)cc1)c1ccc([N+](=O)[O-])cc1. The second-order valence-electron chi connectivity index (χ2n) is 7.45. The van der Waals surface area contributed by atoms with E-state index in [0.717, 1.165) is 31.2 Å². The molecule has 2 aromatic carbocycles. The minimum atomic E-state index is -0.484. The third-order valence-corrected chi connectivity index (χ3v) is 5.24. The van der Waals surface area contributed by atoms with Crippen LogP contribution in [-0.2, 0) is 4.79 Å². The molecule has 1 saturated carbocycles. The van der Waals surface area contributed by atoms with Gasteiger partial charge in [0.1, 0.15) is 5.75 Å². The summed E-state index contributed by atoms with van der Waals surface area (Å²) in [4.78, 5) is 22.4. The number of nitrogens with one attached hydrogen (secondary N) is 1. The number of hydrogen-bond acceptors (Lipinski definition) is 6. The number of benzene rings is 2. The van der Waals surface area contributed by atoms with Crippen LogP contribution in [0.1, 0.15) is 36.8 Å². The maximum absolute atomic E-state index is 12.1. The fourth-order valence-electron chi connectivity index (χ4n) is 3.51. The molecule has 0 aliphatic heterocycles. The number of non-ortho nitro benzene ring substituents is 1. The maximum atomic E-state index is 12.1. The van der Waals surface area contributed by atoms with E-state index in [1.807, 2.05) is 0 Å². The Kier molecular flexibility index (Phi) is 7.35. The molecule has 1 aliphatic rings. The molecule has 3 N–H and O–H groups in total. The lowest BCUT2D eigenvalue weighted by Crippen LogP contribution is -2.50. The van der Waals surface area contributed by atoms with Gasteiger partial charge in [-0.1, -0.05) is 25.0 Å². The van der Waals surface area contributed by atoms with E-state index in [-0.39, 0.29) is 30.3 Å². The first kappa shape index (κ1) is 22.0. The van der Waals surface area contributed by atoms with E-state index in [2.05, 4.69) is 11.4 Å². The summed E-state index contributed by atoms with van der Waals surface area (Å²) in [6.45, 7) is -0.0926. The lowest BCUT2D eigenvalue weighted by atomic mass is 9.91. The minimum Gasteiger partial charge on any atom is -0.484 e. The fourth-order valence-corrected chi connectivity index (χ4v) is 3.51. The molecule has 0 spiro atoms. The molecular weight excluding hydrogens is 396 g/mol. The van der Waals surface area contributed by atoms with Gasteiger partial charge in [-0.2, -0.15) is 5.26 Å². The highest BCUT2D eigenvalue weighted by atomic mass is 16.6. The number of nitro groups is 1. The van der Waals surface area contributed by atoms with Gasteiger partial charge in [-0.25, -0.2) is 0 Å². The molecule has 1 amide bonds. The highest BCUT2D eigenvalue weighted by molar-refractivity contribution is 5.89. The van der Waals surface area contributed by atoms with E-state index in [0.29, 0.717) is 16.9 Å². The molecule has 2 atom stereocenters. The zero-order valence-electron chi connectivity index (χ0n) is 17.0. The molecule has 1 fully saturated rings. The Morgan fingerprint density at radius 2 is 1.87 bits per heavy atom. The molecule has 2 aromatic rings. The standard InChI is InChI=1S/C23H24N4O4/c24-14-18(17-7-9-19(10-8-17)27(29)30)13-16-5-11-20(12-6-16)31-15-23(28)26-22-4-2-1-3-21(22)25/h5-13,21-22H,1-4,15,25H2,(H,26,28)/b18-13-/t21-,22-/m1/s1. The van der Waals surface area contributed by atoms with Gasteiger partial charge in [0.05, 0.1) is 16.6 Å². The molecular formula is C23H24N4O4. The van der Waals surface area contributed by atoms with E-state index in [9.17, 15) is 20.2 Å². The first-order valence-corrected chi connectivity index (χ1v) is 10.1. The highest BCUT2D eigenvalue weighted by Crippen LogP contribution is 2.22. The quantitative estimate of drug-likeness (QED) is 0.305. The smallest absolute Gasteiger partial charge is 0.269 e. The molecule has 0 unspecified atom stereocenters. The summed E-state index contributed by atoms with van der Waals surface area (Å²) < 4.78 is 5.55. The zero-order valence-corrected chi connectivity index (χ0v) is 17.0. The summed E-state index contributed by atoms with van der Waals surface area (Å²) in [5, 5.41) is 23.1. The number of allylic oxidation sites excluding steroid dienone is 1. The van der Waals surface area contributed by atoms with Gasteiger partial charge in [-0.3, -0.25) is 14.9 Å². The van der Waals surface area contributed by atoms with Gasteiger partial charge in [0, 0.05) is 24.2 Å². The molecule has 8 nitrogen and oxygen atoms in total. The van der Waals surface area contributed by atoms with Crippen LogP contribution in [0.5, 0.6) is 5.75 Å². The average molecular weight is 420 g/mol. The van der Waals surface area contributed by atoms with Crippen molar-refractivity contribution in [1.82, 2.24) is 5.32 Å². The van der Waals surface area contributed by atoms with Gasteiger partial charge in [-0.05, 0) is 54.3 Å². The van der Waals surface area contributed by atoms with E-state index < -0.39 is 4.92 Å². The van der Waals surface area contributed by atoms with Crippen molar-refractivity contribution >= 4 is 23.2 Å². The number of hydrogen-bond donors (Lipinski definition) is 2. The number of carbonyl (C=O) groups is 1. The second kappa shape index (κ2) is 10.4. The number of nitriles is 1. The van der Waals surface area contributed by atoms with Gasteiger partial charge in [0.15, 0.2) is 6.61 Å². The van der Waals surface area contributed by atoms with Crippen LogP contribution in [0.15, 0.2) is 48.5 Å². The van der Waals surface area contributed by atoms with Crippen molar-refractivity contribution in [3.05, 3.63) is 69.8 Å². The Morgan fingerprint density at radius 3 is 2.48 bits per heavy atom. The number of amides is 1. The van der Waals surface area contributed by atoms with Crippen LogP contribution >= 0.6 is 0 Å². The summed E-state index contributed by atoms with van der Waals surface area (Å²) >= 11 is 0. The Labute approximate surface area is 180 Å². The number of carbonyl (C=O) groups excluding carboxylic acids is 1. The molecule has 0 heterocycles. The topological polar surface area (TPSA) is 131 Å². The lowest BCUT2D eigenvalue weighted by Gasteiger charge is -2.29. The number of rotatable bonds is 7. The monoisotopic (exact) mass is 420 g/mol. The van der Waals surface area contributed by atoms with E-state index in [1.165, 1.54) is 12.1 Å². The van der Waals surface area contributed by atoms with Crippen LogP contribution < -0.4 is 15.8 Å². The predicted molar refractivity (Wildman–Crippen MR) is 117 cm³/mol. The van der Waals surface area contributed by atoms with Crippen LogP contribution in [0.3, 0.4) is 0 Å². The molecule has 8 heteroatoms. The molecule has 3 rings (SSSR count). The third kappa shape index (κ3) is 6.14. The maximum Gasteiger partial charge on any atom is 0.269 e. The predicted octanol–water partition coefficient (Wildman–Crippen LogP) is 3.42. The summed E-state index contributed by atoms with van der Waals surface area (Å²) in [6.07, 6.45) is 5.67. The van der Waals surface area contributed by atoms with Crippen molar-refractivity contribution in [2.45, 2.75) is 37.8 Å². The second-order valence-corrected chi connectivity index (χ2v) is 7.45. The molecule has 0 saturated heterocycles. The van der Waals surface area contributed by atoms with Crippen LogP contribution in [0.4, 0.5) is 5.69 Å². The number of ether oxygens (including phenoxy) is 1. The van der Waals surface area contributed by atoms with Crippen molar-refractivity contribution in [2.75, 3.05) is 6.61 Å². The number of nitrogens with two attached hydrogens (primary N) is 1. The lowest BCUT2D eigenvalue weighted by molar-refractivity contribution is -0.384. The summed E-state index contributed by atoms with van der Waals surface area (Å²) in [6, 6.07) is 14.9. The van der Waals surface area contributed by atoms with Crippen LogP contribution in [0, 0.1) is 21.4 Å². The van der Waals surface area contributed by atoms with Crippen molar-refractivity contribution in [1.29, 1.82) is 5.26 Å². The van der Waals surface area contributed by atoms with Crippen LogP contribution in [0.2, 0.25) is 0 Å². The molecule has 160 valence electrons. The zero-order chi connectivity index (χ0) is 22.2. The van der Waals surface area contributed by atoms with E-state index in [1.54, 1.807) is 42.5 Å². The fraction of sp³-hybridized carbons (Fsp3) is 0.304. The molecule has 0 bridgehead atoms. The molecule has 0 aromatic heterocycles. The highest BCUT2D eigenvalue weighted by Gasteiger charge is 2.23. The van der Waals surface area contributed by atoms with Crippen molar-refractivity contribution in [3.63, 3.8) is 0 Å². The Balaban J connectivity index is 1.58. The summed E-state index contributed by atoms with van der Waals surface area (Å²) in [5.41, 5.74) is 7.75. The van der Waals surface area contributed by atoms with Gasteiger partial charge in [0.2, 0.25) is 0 Å². The Morgan fingerprint density at radius 1 is 1.19 bits per heavy atom. The minimum absolute atomic E-state index is 0.00110. The normalized spacial score (nSPS) is 18.6. The Hall–Kier alpha value is -3.70. The van der Waals surface area contributed by atoms with E-state index >= 15 is 0 Å². The van der Waals surface area contributed by atoms with Gasteiger partial charge in [0.25, 0.3) is 11.6 Å². The van der Waals surface area contributed by atoms with Crippen molar-refractivity contribution in [2.24, 2.45) is 5.73 Å². The van der Waals surface area contributed by atoms with Gasteiger partial charge < -0.3 is 15.8 Å². The molecule has 0 radical (unpaired) electrons.